The van der Waals surface area contributed by atoms with Gasteiger partial charge in [-0.1, -0.05) is 29.8 Å². The Bertz CT molecular complexity index is 769. The van der Waals surface area contributed by atoms with Gasteiger partial charge in [0.15, 0.2) is 0 Å². The van der Waals surface area contributed by atoms with Crippen molar-refractivity contribution in [3.63, 3.8) is 0 Å². The van der Waals surface area contributed by atoms with Crippen molar-refractivity contribution in [3.05, 3.63) is 53.3 Å². The SMILES string of the molecule is Cc1ccc(COC(=O)N2CCC(F)(CNC(=O)c3cn[nH]c3)CC2)cc1. The molecule has 144 valence electrons. The van der Waals surface area contributed by atoms with Crippen LogP contribution in [0.4, 0.5) is 9.18 Å². The summed E-state index contributed by atoms with van der Waals surface area (Å²) in [5.74, 6) is -0.374. The number of ether oxygens (including phenoxy) is 1. The van der Waals surface area contributed by atoms with E-state index in [1.807, 2.05) is 31.2 Å². The lowest BCUT2D eigenvalue weighted by molar-refractivity contribution is 0.0398. The first-order valence-corrected chi connectivity index (χ1v) is 8.88. The van der Waals surface area contributed by atoms with Crippen molar-refractivity contribution in [2.75, 3.05) is 19.6 Å². The number of aromatic amines is 1. The van der Waals surface area contributed by atoms with Crippen molar-refractivity contribution in [2.45, 2.75) is 32.0 Å². The lowest BCUT2D eigenvalue weighted by Crippen LogP contribution is -2.49. The van der Waals surface area contributed by atoms with Crippen molar-refractivity contribution in [2.24, 2.45) is 0 Å². The van der Waals surface area contributed by atoms with Gasteiger partial charge in [-0.2, -0.15) is 5.10 Å². The van der Waals surface area contributed by atoms with E-state index in [9.17, 15) is 14.0 Å². The summed E-state index contributed by atoms with van der Waals surface area (Å²) in [6.45, 7) is 2.60. The maximum atomic E-state index is 14.9. The predicted octanol–water partition coefficient (Wildman–Crippen LogP) is 2.59. The zero-order valence-corrected chi connectivity index (χ0v) is 15.2. The highest BCUT2D eigenvalue weighted by Gasteiger charge is 2.36. The van der Waals surface area contributed by atoms with Gasteiger partial charge in [0.1, 0.15) is 12.3 Å². The fourth-order valence-electron chi connectivity index (χ4n) is 2.90. The third-order valence-corrected chi connectivity index (χ3v) is 4.73. The van der Waals surface area contributed by atoms with E-state index in [0.717, 1.165) is 11.1 Å². The number of halogens is 1. The van der Waals surface area contributed by atoms with E-state index in [1.54, 1.807) is 0 Å². The number of alkyl halides is 1. The highest BCUT2D eigenvalue weighted by atomic mass is 19.1. The van der Waals surface area contributed by atoms with Crippen LogP contribution < -0.4 is 5.32 Å². The molecule has 0 saturated carbocycles. The summed E-state index contributed by atoms with van der Waals surface area (Å²) < 4.78 is 20.2. The number of nitrogens with one attached hydrogen (secondary N) is 2. The largest absolute Gasteiger partial charge is 0.445 e. The highest BCUT2D eigenvalue weighted by Crippen LogP contribution is 2.26. The third kappa shape index (κ3) is 5.06. The van der Waals surface area contributed by atoms with Crippen molar-refractivity contribution < 1.29 is 18.7 Å². The van der Waals surface area contributed by atoms with Crippen molar-refractivity contribution in [3.8, 4) is 0 Å². The number of carbonyl (C=O) groups excluding carboxylic acids is 2. The summed E-state index contributed by atoms with van der Waals surface area (Å²) in [7, 11) is 0. The van der Waals surface area contributed by atoms with Crippen LogP contribution in [0, 0.1) is 6.92 Å². The number of carbonyl (C=O) groups is 2. The molecule has 0 bridgehead atoms. The zero-order valence-electron chi connectivity index (χ0n) is 15.2. The second-order valence-corrected chi connectivity index (χ2v) is 6.85. The summed E-state index contributed by atoms with van der Waals surface area (Å²) in [5, 5.41) is 8.81. The normalized spacial score (nSPS) is 16.0. The number of likely N-dealkylation sites (tertiary alicyclic amines) is 1. The van der Waals surface area contributed by atoms with Crippen LogP contribution in [0.15, 0.2) is 36.7 Å². The van der Waals surface area contributed by atoms with E-state index in [-0.39, 0.29) is 45.0 Å². The predicted molar refractivity (Wildman–Crippen MR) is 96.9 cm³/mol. The van der Waals surface area contributed by atoms with E-state index in [0.29, 0.717) is 5.56 Å². The Labute approximate surface area is 156 Å². The highest BCUT2D eigenvalue weighted by molar-refractivity contribution is 5.93. The molecule has 1 aliphatic rings. The maximum absolute atomic E-state index is 14.9. The summed E-state index contributed by atoms with van der Waals surface area (Å²) >= 11 is 0. The average molecular weight is 374 g/mol. The van der Waals surface area contributed by atoms with Crippen molar-refractivity contribution in [1.82, 2.24) is 20.4 Å². The van der Waals surface area contributed by atoms with Gasteiger partial charge in [-0.05, 0) is 12.5 Å². The molecule has 0 unspecified atom stereocenters. The number of piperidine rings is 1. The molecule has 1 saturated heterocycles. The number of H-pyrrole nitrogens is 1. The molecule has 8 heteroatoms. The van der Waals surface area contributed by atoms with E-state index in [4.69, 9.17) is 4.74 Å². The molecule has 2 heterocycles. The van der Waals surface area contributed by atoms with E-state index < -0.39 is 11.8 Å². The Morgan fingerprint density at radius 2 is 2.00 bits per heavy atom. The molecule has 0 atom stereocenters. The standard InChI is InChI=1S/C19H23FN4O3/c1-14-2-4-15(5-3-14)12-27-18(26)24-8-6-19(20,7-9-24)13-21-17(25)16-10-22-23-11-16/h2-5,10-11H,6-9,12-13H2,1H3,(H,21,25)(H,22,23). The smallest absolute Gasteiger partial charge is 0.410 e. The molecule has 1 aliphatic heterocycles. The zero-order chi connectivity index (χ0) is 19.3. The van der Waals surface area contributed by atoms with Gasteiger partial charge in [0.05, 0.1) is 18.3 Å². The molecular weight excluding hydrogens is 351 g/mol. The summed E-state index contributed by atoms with van der Waals surface area (Å²) in [5.41, 5.74) is 0.872. The van der Waals surface area contributed by atoms with Crippen molar-refractivity contribution in [1.29, 1.82) is 0 Å². The second kappa shape index (κ2) is 8.20. The lowest BCUT2D eigenvalue weighted by Gasteiger charge is -2.35. The summed E-state index contributed by atoms with van der Waals surface area (Å²) in [4.78, 5) is 25.6. The van der Waals surface area contributed by atoms with Crippen molar-refractivity contribution >= 4 is 12.0 Å². The van der Waals surface area contributed by atoms with Gasteiger partial charge in [0.2, 0.25) is 0 Å². The average Bonchev–Trinajstić information content (AvgIpc) is 3.21. The summed E-state index contributed by atoms with van der Waals surface area (Å²) in [6, 6.07) is 7.74. The minimum Gasteiger partial charge on any atom is -0.445 e. The number of hydrogen-bond acceptors (Lipinski definition) is 4. The van der Waals surface area contributed by atoms with Crippen LogP contribution in [-0.4, -0.2) is 52.4 Å². The van der Waals surface area contributed by atoms with Crippen LogP contribution in [0.2, 0.25) is 0 Å². The minimum absolute atomic E-state index is 0.0940. The number of amides is 2. The molecular formula is C19H23FN4O3. The van der Waals surface area contributed by atoms with Crippen LogP contribution in [0.25, 0.3) is 0 Å². The van der Waals surface area contributed by atoms with E-state index in [2.05, 4.69) is 15.5 Å². The molecule has 0 spiro atoms. The molecule has 0 radical (unpaired) electrons. The number of nitrogens with zero attached hydrogens (tertiary/aromatic N) is 2. The lowest BCUT2D eigenvalue weighted by atomic mass is 9.93. The molecule has 2 aromatic rings. The van der Waals surface area contributed by atoms with Gasteiger partial charge in [-0.3, -0.25) is 9.89 Å². The van der Waals surface area contributed by atoms with Gasteiger partial charge in [-0.25, -0.2) is 9.18 Å². The Balaban J connectivity index is 1.42. The maximum Gasteiger partial charge on any atom is 0.410 e. The molecule has 27 heavy (non-hydrogen) atoms. The van der Waals surface area contributed by atoms with Gasteiger partial charge >= 0.3 is 6.09 Å². The molecule has 1 aromatic heterocycles. The number of aromatic nitrogens is 2. The first-order chi connectivity index (χ1) is 13.0. The minimum atomic E-state index is -1.53. The Morgan fingerprint density at radius 1 is 1.30 bits per heavy atom. The number of aryl methyl sites for hydroxylation is 1. The molecule has 0 aliphatic carbocycles. The number of benzene rings is 1. The molecule has 3 rings (SSSR count). The number of hydrogen-bond donors (Lipinski definition) is 2. The van der Waals surface area contributed by atoms with Crippen LogP contribution in [0.3, 0.4) is 0 Å². The molecule has 2 amide bonds. The fraction of sp³-hybridized carbons (Fsp3) is 0.421. The van der Waals surface area contributed by atoms with Gasteiger partial charge < -0.3 is 15.0 Å². The van der Waals surface area contributed by atoms with E-state index in [1.165, 1.54) is 17.3 Å². The fourth-order valence-corrected chi connectivity index (χ4v) is 2.90. The second-order valence-electron chi connectivity index (χ2n) is 6.85. The first kappa shape index (κ1) is 18.9. The van der Waals surface area contributed by atoms with Gasteiger partial charge in [-0.15, -0.1) is 0 Å². The molecule has 1 fully saturated rings. The number of rotatable bonds is 5. The monoisotopic (exact) mass is 374 g/mol. The topological polar surface area (TPSA) is 87.3 Å². The van der Waals surface area contributed by atoms with Crippen LogP contribution >= 0.6 is 0 Å². The quantitative estimate of drug-likeness (QED) is 0.842. The van der Waals surface area contributed by atoms with Gasteiger partial charge in [0.25, 0.3) is 5.91 Å². The van der Waals surface area contributed by atoms with Crippen LogP contribution in [0.5, 0.6) is 0 Å². The van der Waals surface area contributed by atoms with Crippen LogP contribution in [0.1, 0.15) is 34.3 Å². The molecule has 1 aromatic carbocycles. The summed E-state index contributed by atoms with van der Waals surface area (Å²) in [6.07, 6.45) is 2.69. The van der Waals surface area contributed by atoms with Gasteiger partial charge in [0, 0.05) is 32.1 Å². The Morgan fingerprint density at radius 3 is 2.63 bits per heavy atom. The third-order valence-electron chi connectivity index (χ3n) is 4.73. The molecule has 7 nitrogen and oxygen atoms in total. The Kier molecular flexibility index (Phi) is 5.73. The van der Waals surface area contributed by atoms with E-state index >= 15 is 0 Å². The van der Waals surface area contributed by atoms with Crippen LogP contribution in [-0.2, 0) is 11.3 Å². The Hall–Kier alpha value is -2.90. The first-order valence-electron chi connectivity index (χ1n) is 8.88. The molecule has 2 N–H and O–H groups in total.